The van der Waals surface area contributed by atoms with E-state index in [0.29, 0.717) is 10.6 Å². The third-order valence-corrected chi connectivity index (χ3v) is 0.923. The van der Waals surface area contributed by atoms with Crippen LogP contribution in [0.25, 0.3) is 6.08 Å². The van der Waals surface area contributed by atoms with Gasteiger partial charge in [-0.1, -0.05) is 6.58 Å². The molecule has 3 heteroatoms. The van der Waals surface area contributed by atoms with Gasteiger partial charge in [0, 0.05) is 12.1 Å². The number of aromatic nitrogens is 2. The smallest absolute Gasteiger partial charge is 0.325 e. The molecule has 0 saturated heterocycles. The SMILES string of the molecule is C=Cc1nccc[n+]1[O-]. The van der Waals surface area contributed by atoms with Crippen molar-refractivity contribution < 1.29 is 4.73 Å². The minimum Gasteiger partial charge on any atom is -0.710 e. The maximum Gasteiger partial charge on any atom is 0.325 e. The van der Waals surface area contributed by atoms with Crippen LogP contribution in [0.3, 0.4) is 0 Å². The van der Waals surface area contributed by atoms with Gasteiger partial charge in [-0.3, -0.25) is 0 Å². The van der Waals surface area contributed by atoms with Crippen molar-refractivity contribution in [3.8, 4) is 0 Å². The van der Waals surface area contributed by atoms with E-state index < -0.39 is 0 Å². The molecule has 46 valence electrons. The highest BCUT2D eigenvalue weighted by molar-refractivity contribution is 5.31. The number of hydrogen-bond acceptors (Lipinski definition) is 2. The van der Waals surface area contributed by atoms with Crippen molar-refractivity contribution in [2.75, 3.05) is 0 Å². The molecule has 1 aromatic rings. The van der Waals surface area contributed by atoms with Crippen molar-refractivity contribution in [1.29, 1.82) is 0 Å². The van der Waals surface area contributed by atoms with E-state index in [1.54, 1.807) is 12.3 Å². The van der Waals surface area contributed by atoms with Crippen molar-refractivity contribution in [2.24, 2.45) is 0 Å². The quantitative estimate of drug-likeness (QED) is 0.398. The van der Waals surface area contributed by atoms with Crippen LogP contribution < -0.4 is 4.73 Å². The van der Waals surface area contributed by atoms with Crippen LogP contribution in [0, 0.1) is 5.21 Å². The summed E-state index contributed by atoms with van der Waals surface area (Å²) in [5.74, 6) is 0.331. The highest BCUT2D eigenvalue weighted by atomic mass is 16.5. The summed E-state index contributed by atoms with van der Waals surface area (Å²) in [6.07, 6.45) is 4.34. The van der Waals surface area contributed by atoms with Gasteiger partial charge >= 0.3 is 5.82 Å². The molecule has 0 spiro atoms. The fourth-order valence-corrected chi connectivity index (χ4v) is 0.512. The number of hydrogen-bond donors (Lipinski definition) is 0. The Labute approximate surface area is 52.9 Å². The lowest BCUT2D eigenvalue weighted by molar-refractivity contribution is -0.610. The van der Waals surface area contributed by atoms with Gasteiger partial charge in [0.05, 0.1) is 6.20 Å². The maximum absolute atomic E-state index is 10.6. The lowest BCUT2D eigenvalue weighted by Crippen LogP contribution is -2.29. The fraction of sp³-hybridized carbons (Fsp3) is 0. The molecule has 0 unspecified atom stereocenters. The van der Waals surface area contributed by atoms with E-state index >= 15 is 0 Å². The summed E-state index contributed by atoms with van der Waals surface area (Å²) in [5.41, 5.74) is 0. The predicted molar refractivity (Wildman–Crippen MR) is 33.3 cm³/mol. The van der Waals surface area contributed by atoms with E-state index in [9.17, 15) is 5.21 Å². The first-order valence-corrected chi connectivity index (χ1v) is 2.51. The minimum absolute atomic E-state index is 0.331. The van der Waals surface area contributed by atoms with Crippen molar-refractivity contribution in [3.05, 3.63) is 36.1 Å². The van der Waals surface area contributed by atoms with Crippen LogP contribution in [0.5, 0.6) is 0 Å². The van der Waals surface area contributed by atoms with Gasteiger partial charge in [-0.05, 0) is 4.98 Å². The maximum atomic E-state index is 10.6. The number of nitrogens with zero attached hydrogens (tertiary/aromatic N) is 2. The molecule has 0 aliphatic carbocycles. The normalized spacial score (nSPS) is 8.89. The van der Waals surface area contributed by atoms with Crippen molar-refractivity contribution >= 4 is 6.08 Å². The molecule has 0 bridgehead atoms. The second-order valence-electron chi connectivity index (χ2n) is 1.51. The van der Waals surface area contributed by atoms with E-state index in [-0.39, 0.29) is 0 Å². The summed E-state index contributed by atoms with van der Waals surface area (Å²) in [6, 6.07) is 1.57. The van der Waals surface area contributed by atoms with Gasteiger partial charge in [0.1, 0.15) is 6.20 Å². The van der Waals surface area contributed by atoms with Gasteiger partial charge in [0.15, 0.2) is 0 Å². The Balaban J connectivity index is 3.15. The van der Waals surface area contributed by atoms with Crippen molar-refractivity contribution in [2.45, 2.75) is 0 Å². The summed E-state index contributed by atoms with van der Waals surface area (Å²) >= 11 is 0. The van der Waals surface area contributed by atoms with Crippen LogP contribution in [0.4, 0.5) is 0 Å². The molecule has 0 aromatic carbocycles. The topological polar surface area (TPSA) is 39.8 Å². The fourth-order valence-electron chi connectivity index (χ4n) is 0.512. The summed E-state index contributed by atoms with van der Waals surface area (Å²) in [5, 5.41) is 10.6. The van der Waals surface area contributed by atoms with Gasteiger partial charge in [-0.25, -0.2) is 4.73 Å². The zero-order valence-corrected chi connectivity index (χ0v) is 4.82. The first kappa shape index (κ1) is 5.75. The predicted octanol–water partition coefficient (Wildman–Crippen LogP) is 0.358. The molecule has 0 N–H and O–H groups in total. The first-order valence-electron chi connectivity index (χ1n) is 2.51. The molecule has 0 saturated carbocycles. The molecule has 0 radical (unpaired) electrons. The van der Waals surface area contributed by atoms with Gasteiger partial charge in [-0.15, -0.1) is 0 Å². The van der Waals surface area contributed by atoms with Crippen LogP contribution >= 0.6 is 0 Å². The van der Waals surface area contributed by atoms with Gasteiger partial charge < -0.3 is 5.21 Å². The van der Waals surface area contributed by atoms with E-state index in [1.807, 2.05) is 0 Å². The molecule has 0 atom stereocenters. The highest BCUT2D eigenvalue weighted by Gasteiger charge is 1.95. The van der Waals surface area contributed by atoms with E-state index in [2.05, 4.69) is 11.6 Å². The Morgan fingerprint density at radius 2 is 2.56 bits per heavy atom. The molecule has 1 rings (SSSR count). The molecule has 0 amide bonds. The van der Waals surface area contributed by atoms with Crippen LogP contribution in [-0.4, -0.2) is 4.98 Å². The Bertz CT molecular complexity index is 222. The van der Waals surface area contributed by atoms with Gasteiger partial charge in [0.25, 0.3) is 0 Å². The molecule has 1 aromatic heterocycles. The molecule has 9 heavy (non-hydrogen) atoms. The van der Waals surface area contributed by atoms with E-state index in [1.165, 1.54) is 12.3 Å². The van der Waals surface area contributed by atoms with Crippen LogP contribution in [0.15, 0.2) is 25.0 Å². The molecule has 0 aliphatic rings. The average molecular weight is 122 g/mol. The van der Waals surface area contributed by atoms with Crippen LogP contribution in [0.2, 0.25) is 0 Å². The van der Waals surface area contributed by atoms with E-state index in [4.69, 9.17) is 0 Å². The Hall–Kier alpha value is -1.38. The number of rotatable bonds is 1. The molecular weight excluding hydrogens is 116 g/mol. The molecule has 0 aliphatic heterocycles. The lowest BCUT2D eigenvalue weighted by atomic mass is 10.5. The summed E-state index contributed by atoms with van der Waals surface area (Å²) in [4.78, 5) is 3.73. The summed E-state index contributed by atoms with van der Waals surface area (Å²) in [6.45, 7) is 3.41. The van der Waals surface area contributed by atoms with Crippen molar-refractivity contribution in [3.63, 3.8) is 0 Å². The average Bonchev–Trinajstić information content (AvgIpc) is 1.89. The van der Waals surface area contributed by atoms with Gasteiger partial charge in [-0.2, -0.15) is 0 Å². The third kappa shape index (κ3) is 1.05. The summed E-state index contributed by atoms with van der Waals surface area (Å²) in [7, 11) is 0. The first-order chi connectivity index (χ1) is 4.34. The highest BCUT2D eigenvalue weighted by Crippen LogP contribution is 1.83. The largest absolute Gasteiger partial charge is 0.710 e. The Morgan fingerprint density at radius 1 is 1.78 bits per heavy atom. The Kier molecular flexibility index (Phi) is 1.44. The zero-order valence-electron chi connectivity index (χ0n) is 4.82. The van der Waals surface area contributed by atoms with Gasteiger partial charge in [0.2, 0.25) is 0 Å². The standard InChI is InChI=1S/C6H6N2O/c1-2-6-7-4-3-5-8(6)9/h2-5H,1H2. The molecule has 0 fully saturated rings. The summed E-state index contributed by atoms with van der Waals surface area (Å²) < 4.78 is 0.660. The molecule has 1 heterocycles. The van der Waals surface area contributed by atoms with Crippen LogP contribution in [-0.2, 0) is 0 Å². The second-order valence-corrected chi connectivity index (χ2v) is 1.51. The van der Waals surface area contributed by atoms with Crippen molar-refractivity contribution in [1.82, 2.24) is 4.98 Å². The third-order valence-electron chi connectivity index (χ3n) is 0.923. The Morgan fingerprint density at radius 3 is 3.00 bits per heavy atom. The van der Waals surface area contributed by atoms with E-state index in [0.717, 1.165) is 0 Å². The molecule has 3 nitrogen and oxygen atoms in total. The lowest BCUT2D eigenvalue weighted by Gasteiger charge is -1.98. The monoisotopic (exact) mass is 122 g/mol. The zero-order chi connectivity index (χ0) is 6.69. The minimum atomic E-state index is 0.331. The van der Waals surface area contributed by atoms with Crippen LogP contribution in [0.1, 0.15) is 5.82 Å². The second kappa shape index (κ2) is 2.26. The molecular formula is C6H6N2O.